The predicted molar refractivity (Wildman–Crippen MR) is 183 cm³/mol. The van der Waals surface area contributed by atoms with Crippen molar-refractivity contribution in [2.24, 2.45) is 0 Å². The maximum Gasteiger partial charge on any atom is 0.266 e. The Morgan fingerprint density at radius 1 is 0.795 bits per heavy atom. The Labute approximate surface area is 264 Å². The number of nitrogens with zero attached hydrogens (tertiary/aromatic N) is 3. The van der Waals surface area contributed by atoms with Crippen LogP contribution in [0.5, 0.6) is 0 Å². The monoisotopic (exact) mass is 593 g/mol. The average Bonchev–Trinajstić information content (AvgIpc) is 3.04. The molecule has 0 aliphatic carbocycles. The fourth-order valence-corrected chi connectivity index (χ4v) is 6.10. The number of unbranched alkanes of at least 4 members (excludes halogenated alkanes) is 10. The molecule has 0 bridgehead atoms. The lowest BCUT2D eigenvalue weighted by Crippen LogP contribution is -2.38. The zero-order valence-electron chi connectivity index (χ0n) is 27.1. The highest BCUT2D eigenvalue weighted by Crippen LogP contribution is 2.25. The van der Waals surface area contributed by atoms with E-state index in [1.807, 2.05) is 85.5 Å². The van der Waals surface area contributed by atoms with E-state index >= 15 is 0 Å². The summed E-state index contributed by atoms with van der Waals surface area (Å²) in [6, 6.07) is 25.4. The van der Waals surface area contributed by atoms with Gasteiger partial charge in [0, 0.05) is 13.0 Å². The van der Waals surface area contributed by atoms with E-state index in [1.165, 1.54) is 63.4 Å². The second-order valence-corrected chi connectivity index (χ2v) is 12.3. The third-order valence-electron chi connectivity index (χ3n) is 8.70. The molecule has 1 unspecified atom stereocenters. The molecule has 1 amide bonds. The zero-order chi connectivity index (χ0) is 31.1. The molecule has 0 aliphatic rings. The first-order valence-corrected chi connectivity index (χ1v) is 16.9. The molecular weight excluding hydrogens is 542 g/mol. The molecule has 44 heavy (non-hydrogen) atoms. The van der Waals surface area contributed by atoms with Crippen molar-refractivity contribution >= 4 is 16.8 Å². The quantitative estimate of drug-likeness (QED) is 0.108. The van der Waals surface area contributed by atoms with Gasteiger partial charge in [-0.3, -0.25) is 14.2 Å². The summed E-state index contributed by atoms with van der Waals surface area (Å²) in [5.74, 6) is 0.724. The fourth-order valence-electron chi connectivity index (χ4n) is 6.10. The number of carbonyl (C=O) groups excluding carboxylic acids is 1. The topological polar surface area (TPSA) is 55.2 Å². The molecule has 0 N–H and O–H groups in total. The molecule has 4 aromatic rings. The van der Waals surface area contributed by atoms with Gasteiger partial charge in [-0.25, -0.2) is 4.98 Å². The van der Waals surface area contributed by atoms with E-state index < -0.39 is 0 Å². The van der Waals surface area contributed by atoms with Crippen LogP contribution in [0.3, 0.4) is 0 Å². The predicted octanol–water partition coefficient (Wildman–Crippen LogP) is 9.53. The lowest BCUT2D eigenvalue weighted by molar-refractivity contribution is -0.133. The minimum atomic E-state index is -0.378. The van der Waals surface area contributed by atoms with E-state index in [2.05, 4.69) is 19.1 Å². The molecule has 5 nitrogen and oxygen atoms in total. The first-order valence-electron chi connectivity index (χ1n) is 16.9. The highest BCUT2D eigenvalue weighted by Gasteiger charge is 2.26. The van der Waals surface area contributed by atoms with Gasteiger partial charge in [-0.05, 0) is 62.1 Å². The Bertz CT molecular complexity index is 1510. The van der Waals surface area contributed by atoms with Crippen LogP contribution in [0.1, 0.15) is 114 Å². The molecule has 234 valence electrons. The van der Waals surface area contributed by atoms with Crippen molar-refractivity contribution in [1.82, 2.24) is 14.5 Å². The van der Waals surface area contributed by atoms with Gasteiger partial charge in [-0.15, -0.1) is 0 Å². The zero-order valence-corrected chi connectivity index (χ0v) is 27.1. The number of aromatic nitrogens is 2. The first-order chi connectivity index (χ1) is 21.5. The molecule has 0 saturated carbocycles. The molecule has 1 heterocycles. The third kappa shape index (κ3) is 9.38. The third-order valence-corrected chi connectivity index (χ3v) is 8.70. The number of rotatable bonds is 18. The Hall–Kier alpha value is -3.73. The van der Waals surface area contributed by atoms with Crippen molar-refractivity contribution < 1.29 is 4.79 Å². The van der Waals surface area contributed by atoms with Crippen LogP contribution in [-0.2, 0) is 11.2 Å². The number of carbonyl (C=O) groups is 1. The summed E-state index contributed by atoms with van der Waals surface area (Å²) in [5, 5.41) is 0.577. The van der Waals surface area contributed by atoms with Crippen molar-refractivity contribution in [3.63, 3.8) is 0 Å². The van der Waals surface area contributed by atoms with Crippen molar-refractivity contribution in [3.05, 3.63) is 106 Å². The molecule has 4 rings (SSSR count). The summed E-state index contributed by atoms with van der Waals surface area (Å²) < 4.78 is 1.71. The smallest absolute Gasteiger partial charge is 0.266 e. The number of hydrogen-bond acceptors (Lipinski definition) is 3. The molecule has 0 spiro atoms. The van der Waals surface area contributed by atoms with Crippen molar-refractivity contribution in [2.45, 2.75) is 110 Å². The first kappa shape index (κ1) is 33.2. The van der Waals surface area contributed by atoms with Crippen LogP contribution in [0.2, 0.25) is 0 Å². The molecule has 5 heteroatoms. The number of aryl methyl sites for hydroxylation is 1. The number of fused-ring (bicyclic) bond motifs is 1. The number of hydrogen-bond donors (Lipinski definition) is 0. The van der Waals surface area contributed by atoms with Gasteiger partial charge >= 0.3 is 0 Å². The number of para-hydroxylation sites is 1. The van der Waals surface area contributed by atoms with Gasteiger partial charge in [0.15, 0.2) is 0 Å². The lowest BCUT2D eigenvalue weighted by Gasteiger charge is -2.31. The maximum absolute atomic E-state index is 13.9. The molecule has 1 aromatic heterocycles. The lowest BCUT2D eigenvalue weighted by atomic mass is 10.0. The number of benzene rings is 3. The Morgan fingerprint density at radius 3 is 2.11 bits per heavy atom. The summed E-state index contributed by atoms with van der Waals surface area (Å²) in [7, 11) is 0. The summed E-state index contributed by atoms with van der Waals surface area (Å²) in [4.78, 5) is 34.8. The van der Waals surface area contributed by atoms with Gasteiger partial charge in [0.1, 0.15) is 5.82 Å². The largest absolute Gasteiger partial charge is 0.332 e. The fraction of sp³-hybridized carbons (Fsp3) is 0.462. The Balaban J connectivity index is 1.50. The van der Waals surface area contributed by atoms with Crippen molar-refractivity contribution in [3.8, 4) is 5.69 Å². The minimum absolute atomic E-state index is 0.108. The highest BCUT2D eigenvalue weighted by molar-refractivity contribution is 5.79. The molecule has 0 saturated heterocycles. The van der Waals surface area contributed by atoms with Crippen LogP contribution in [0.4, 0.5) is 0 Å². The minimum Gasteiger partial charge on any atom is -0.332 e. The average molecular weight is 594 g/mol. The van der Waals surface area contributed by atoms with Gasteiger partial charge in [0.25, 0.3) is 5.56 Å². The Morgan fingerprint density at radius 2 is 1.43 bits per heavy atom. The van der Waals surface area contributed by atoms with E-state index in [0.717, 1.165) is 30.5 Å². The van der Waals surface area contributed by atoms with E-state index in [9.17, 15) is 9.59 Å². The van der Waals surface area contributed by atoms with Crippen LogP contribution in [0.15, 0.2) is 83.7 Å². The van der Waals surface area contributed by atoms with Crippen molar-refractivity contribution in [1.29, 1.82) is 0 Å². The van der Waals surface area contributed by atoms with Crippen LogP contribution in [-0.4, -0.2) is 26.9 Å². The normalized spacial score (nSPS) is 12.0. The molecule has 0 radical (unpaired) electrons. The second kappa shape index (κ2) is 17.5. The summed E-state index contributed by atoms with van der Waals surface area (Å²) in [6.07, 6.45) is 15.0. The molecule has 1 atom stereocenters. The van der Waals surface area contributed by atoms with Gasteiger partial charge in [0.2, 0.25) is 5.91 Å². The van der Waals surface area contributed by atoms with Gasteiger partial charge in [0.05, 0.1) is 22.6 Å². The highest BCUT2D eigenvalue weighted by atomic mass is 16.2. The molecule has 0 fully saturated rings. The summed E-state index contributed by atoms with van der Waals surface area (Å²) in [5.41, 5.74) is 3.58. The van der Waals surface area contributed by atoms with Gasteiger partial charge in [-0.2, -0.15) is 0 Å². The molecular formula is C39H51N3O2. The van der Waals surface area contributed by atoms with Crippen LogP contribution < -0.4 is 5.56 Å². The van der Waals surface area contributed by atoms with Crippen LogP contribution >= 0.6 is 0 Å². The Kier molecular flexibility index (Phi) is 13.2. The SMILES string of the molecule is CCCCCCCCCCCCCC(=O)N(CCc1ccccc1)C(C)c1nc2ccccc2c(=O)n1-c1cccc(C)c1. The molecule has 0 aliphatic heterocycles. The van der Waals surface area contributed by atoms with E-state index in [1.54, 1.807) is 4.57 Å². The second-order valence-electron chi connectivity index (χ2n) is 12.3. The van der Waals surface area contributed by atoms with Crippen molar-refractivity contribution in [2.75, 3.05) is 6.54 Å². The summed E-state index contributed by atoms with van der Waals surface area (Å²) >= 11 is 0. The van der Waals surface area contributed by atoms with Crippen LogP contribution in [0.25, 0.3) is 16.6 Å². The van der Waals surface area contributed by atoms with Gasteiger partial charge in [-0.1, -0.05) is 126 Å². The standard InChI is InChI=1S/C39H51N3O2/c1-4-5-6-7-8-9-10-11-12-13-17-27-37(43)41(29-28-33-22-15-14-16-23-33)32(3)38-40-36-26-19-18-25-35(36)39(44)42(38)34-24-20-21-31(2)30-34/h14-16,18-26,30,32H,4-13,17,27-29H2,1-3H3. The number of amides is 1. The van der Waals surface area contributed by atoms with Crippen LogP contribution in [0, 0.1) is 6.92 Å². The van der Waals surface area contributed by atoms with E-state index in [-0.39, 0.29) is 17.5 Å². The molecule has 3 aromatic carbocycles. The maximum atomic E-state index is 13.9. The summed E-state index contributed by atoms with van der Waals surface area (Å²) in [6.45, 7) is 6.87. The van der Waals surface area contributed by atoms with E-state index in [0.29, 0.717) is 29.7 Å². The van der Waals surface area contributed by atoms with Gasteiger partial charge < -0.3 is 4.90 Å². The van der Waals surface area contributed by atoms with E-state index in [4.69, 9.17) is 4.98 Å².